The van der Waals surface area contributed by atoms with E-state index in [-0.39, 0.29) is 12.0 Å². The Hall–Kier alpha value is -3.65. The summed E-state index contributed by atoms with van der Waals surface area (Å²) < 4.78 is 10.9. The molecule has 0 spiro atoms. The fraction of sp³-hybridized carbons (Fsp3) is 0.357. The lowest BCUT2D eigenvalue weighted by Gasteiger charge is -2.37. The molecule has 3 atom stereocenters. The maximum atomic E-state index is 13.7. The van der Waals surface area contributed by atoms with Crippen LogP contribution in [-0.2, 0) is 23.9 Å². The minimum Gasteiger partial charge on any atom is -0.463 e. The van der Waals surface area contributed by atoms with Crippen molar-refractivity contribution in [3.8, 4) is 0 Å². The van der Waals surface area contributed by atoms with Crippen molar-refractivity contribution in [1.29, 1.82) is 0 Å². The molecule has 1 heterocycles. The van der Waals surface area contributed by atoms with Gasteiger partial charge in [-0.15, -0.1) is 0 Å². The average Bonchev–Trinajstić information content (AvgIpc) is 3.25. The number of nitrogens with one attached hydrogen (secondary N) is 2. The summed E-state index contributed by atoms with van der Waals surface area (Å²) in [5.74, 6) is -3.45. The van der Waals surface area contributed by atoms with E-state index in [1.54, 1.807) is 6.20 Å². The molecule has 0 saturated carbocycles. The average molecular weight is 527 g/mol. The number of hydrogen-bond acceptors (Lipinski definition) is 6. The summed E-state index contributed by atoms with van der Waals surface area (Å²) in [4.78, 5) is 53.9. The second kappa shape index (κ2) is 12.1. The van der Waals surface area contributed by atoms with Crippen LogP contribution >= 0.6 is 11.6 Å². The molecular weight excluding hydrogens is 496 g/mol. The summed E-state index contributed by atoms with van der Waals surface area (Å²) in [5, 5.41) is 4.00. The second-order valence-electron chi connectivity index (χ2n) is 9.17. The highest BCUT2D eigenvalue weighted by Crippen LogP contribution is 2.39. The number of benzene rings is 2. The van der Waals surface area contributed by atoms with E-state index in [4.69, 9.17) is 21.1 Å². The highest BCUT2D eigenvalue weighted by molar-refractivity contribution is 6.30. The highest BCUT2D eigenvalue weighted by atomic mass is 35.5. The molecule has 0 saturated heterocycles. The minimum atomic E-state index is -1.68. The molecule has 2 aromatic carbocycles. The van der Waals surface area contributed by atoms with Crippen molar-refractivity contribution in [3.63, 3.8) is 0 Å². The monoisotopic (exact) mass is 526 g/mol. The van der Waals surface area contributed by atoms with E-state index in [0.717, 1.165) is 22.9 Å². The van der Waals surface area contributed by atoms with Gasteiger partial charge in [-0.1, -0.05) is 43.1 Å². The first kappa shape index (κ1) is 27.9. The summed E-state index contributed by atoms with van der Waals surface area (Å²) >= 11 is 5.90. The summed E-state index contributed by atoms with van der Waals surface area (Å²) in [7, 11) is 0. The molecule has 196 valence electrons. The predicted octanol–water partition coefficient (Wildman–Crippen LogP) is 5.31. The Balaban J connectivity index is 2.08. The molecule has 3 unspecified atom stereocenters. The van der Waals surface area contributed by atoms with Crippen molar-refractivity contribution in [1.82, 2.24) is 10.3 Å². The van der Waals surface area contributed by atoms with Crippen molar-refractivity contribution in [2.75, 3.05) is 0 Å². The molecule has 0 bridgehead atoms. The van der Waals surface area contributed by atoms with Crippen LogP contribution in [-0.4, -0.2) is 40.4 Å². The SMILES string of the molecule is CCCC(CC(c1c[nH]c2ccccc12)C(C)(NC(C)=O)C(=O)OC(=O)c1ccc(Cl)cc1)OC(C)=O. The van der Waals surface area contributed by atoms with Crippen LogP contribution < -0.4 is 5.32 Å². The molecule has 0 fully saturated rings. The Bertz CT molecular complexity index is 1290. The van der Waals surface area contributed by atoms with Crippen molar-refractivity contribution in [2.45, 2.75) is 64.5 Å². The van der Waals surface area contributed by atoms with Crippen LogP contribution in [0.2, 0.25) is 5.02 Å². The largest absolute Gasteiger partial charge is 0.463 e. The number of aromatic amines is 1. The third kappa shape index (κ3) is 6.77. The first-order valence-electron chi connectivity index (χ1n) is 12.1. The molecule has 37 heavy (non-hydrogen) atoms. The number of amides is 1. The number of carbonyl (C=O) groups is 4. The highest BCUT2D eigenvalue weighted by Gasteiger charge is 2.47. The zero-order valence-corrected chi connectivity index (χ0v) is 22.1. The van der Waals surface area contributed by atoms with Crippen LogP contribution in [0.1, 0.15) is 68.8 Å². The molecular formula is C28H31ClN2O6. The molecule has 0 radical (unpaired) electrons. The third-order valence-corrected chi connectivity index (χ3v) is 6.51. The van der Waals surface area contributed by atoms with Crippen LogP contribution in [0.15, 0.2) is 54.7 Å². The molecule has 2 N–H and O–H groups in total. The van der Waals surface area contributed by atoms with Gasteiger partial charge in [-0.05, 0) is 55.7 Å². The molecule has 3 rings (SSSR count). The number of esters is 3. The van der Waals surface area contributed by atoms with E-state index in [2.05, 4.69) is 10.3 Å². The van der Waals surface area contributed by atoms with Gasteiger partial charge in [0, 0.05) is 41.9 Å². The van der Waals surface area contributed by atoms with Crippen molar-refractivity contribution < 1.29 is 28.7 Å². The lowest BCUT2D eigenvalue weighted by molar-refractivity contribution is -0.150. The van der Waals surface area contributed by atoms with E-state index in [0.29, 0.717) is 11.4 Å². The van der Waals surface area contributed by atoms with Crippen LogP contribution in [0.4, 0.5) is 0 Å². The van der Waals surface area contributed by atoms with E-state index in [1.807, 2.05) is 31.2 Å². The molecule has 3 aromatic rings. The van der Waals surface area contributed by atoms with E-state index in [1.165, 1.54) is 45.0 Å². The van der Waals surface area contributed by atoms with Crippen molar-refractivity contribution in [3.05, 3.63) is 70.9 Å². The Kier molecular flexibility index (Phi) is 9.10. The van der Waals surface area contributed by atoms with Gasteiger partial charge in [0.25, 0.3) is 0 Å². The topological polar surface area (TPSA) is 115 Å². The van der Waals surface area contributed by atoms with E-state index < -0.39 is 41.4 Å². The number of carbonyl (C=O) groups excluding carboxylic acids is 4. The molecule has 9 heteroatoms. The minimum absolute atomic E-state index is 0.135. The molecule has 0 aliphatic heterocycles. The van der Waals surface area contributed by atoms with Gasteiger partial charge in [0.15, 0.2) is 0 Å². The molecule has 0 aliphatic rings. The van der Waals surface area contributed by atoms with Crippen LogP contribution in [0.25, 0.3) is 10.9 Å². The van der Waals surface area contributed by atoms with Crippen molar-refractivity contribution >= 4 is 46.3 Å². The maximum absolute atomic E-state index is 13.7. The van der Waals surface area contributed by atoms with E-state index >= 15 is 0 Å². The Labute approximate surface area is 220 Å². The Morgan fingerprint density at radius 2 is 1.73 bits per heavy atom. The van der Waals surface area contributed by atoms with Gasteiger partial charge in [-0.2, -0.15) is 0 Å². The predicted molar refractivity (Wildman–Crippen MR) is 140 cm³/mol. The second-order valence-corrected chi connectivity index (χ2v) is 9.60. The molecule has 8 nitrogen and oxygen atoms in total. The van der Waals surface area contributed by atoms with Gasteiger partial charge in [0.05, 0.1) is 5.56 Å². The number of hydrogen-bond donors (Lipinski definition) is 2. The summed E-state index contributed by atoms with van der Waals surface area (Å²) in [6, 6.07) is 13.5. The van der Waals surface area contributed by atoms with Gasteiger partial charge in [-0.3, -0.25) is 9.59 Å². The maximum Gasteiger partial charge on any atom is 0.345 e. The number of fused-ring (bicyclic) bond motifs is 1. The van der Waals surface area contributed by atoms with Gasteiger partial charge in [-0.25, -0.2) is 9.59 Å². The number of rotatable bonds is 10. The van der Waals surface area contributed by atoms with Gasteiger partial charge in [0.2, 0.25) is 5.91 Å². The number of halogens is 1. The standard InChI is InChI=1S/C28H31ClN2O6/c1-5-8-21(36-18(3)33)15-24(23-16-30-25-10-7-6-9-22(23)25)28(4,31-17(2)32)27(35)37-26(34)19-11-13-20(29)14-12-19/h6-7,9-14,16,21,24,30H,5,8,15H2,1-4H3,(H,31,32). The van der Waals surface area contributed by atoms with Gasteiger partial charge >= 0.3 is 17.9 Å². The van der Waals surface area contributed by atoms with Gasteiger partial charge < -0.3 is 19.8 Å². The number of H-pyrrole nitrogens is 1. The lowest BCUT2D eigenvalue weighted by Crippen LogP contribution is -2.57. The lowest BCUT2D eigenvalue weighted by atomic mass is 9.76. The fourth-order valence-electron chi connectivity index (χ4n) is 4.58. The van der Waals surface area contributed by atoms with Crippen LogP contribution in [0.3, 0.4) is 0 Å². The quantitative estimate of drug-likeness (QED) is 0.273. The first-order valence-corrected chi connectivity index (χ1v) is 12.5. The summed E-state index contributed by atoms with van der Waals surface area (Å²) in [5.41, 5.74) is 0.00883. The van der Waals surface area contributed by atoms with Gasteiger partial charge in [0.1, 0.15) is 11.6 Å². The zero-order valence-electron chi connectivity index (χ0n) is 21.3. The molecule has 0 aliphatic carbocycles. The van der Waals surface area contributed by atoms with Crippen LogP contribution in [0.5, 0.6) is 0 Å². The number of ether oxygens (including phenoxy) is 2. The van der Waals surface area contributed by atoms with E-state index in [9.17, 15) is 19.2 Å². The number of para-hydroxylation sites is 1. The Morgan fingerprint density at radius 3 is 2.35 bits per heavy atom. The molecule has 1 amide bonds. The zero-order chi connectivity index (χ0) is 27.2. The number of aromatic nitrogens is 1. The summed E-state index contributed by atoms with van der Waals surface area (Å²) in [6.07, 6.45) is 2.72. The summed E-state index contributed by atoms with van der Waals surface area (Å²) in [6.45, 7) is 6.10. The Morgan fingerprint density at radius 1 is 1.05 bits per heavy atom. The third-order valence-electron chi connectivity index (χ3n) is 6.26. The normalized spacial score (nSPS) is 14.3. The molecule has 1 aromatic heterocycles. The smallest absolute Gasteiger partial charge is 0.345 e. The van der Waals surface area contributed by atoms with Crippen LogP contribution in [0, 0.1) is 0 Å². The first-order chi connectivity index (χ1) is 17.5. The fourth-order valence-corrected chi connectivity index (χ4v) is 4.71. The van der Waals surface area contributed by atoms with Crippen molar-refractivity contribution in [2.24, 2.45) is 0 Å².